The fraction of sp³-hybridized carbons (Fsp3) is 0.364. The summed E-state index contributed by atoms with van der Waals surface area (Å²) in [4.78, 5) is 11.3. The zero-order valence-electron chi connectivity index (χ0n) is 9.73. The molecule has 1 aromatic carbocycles. The minimum Gasteiger partial charge on any atom is -0.494 e. The second-order valence-electron chi connectivity index (χ2n) is 3.13. The van der Waals surface area contributed by atoms with Crippen LogP contribution in [0.2, 0.25) is 0 Å². The van der Waals surface area contributed by atoms with Gasteiger partial charge < -0.3 is 21.1 Å². The van der Waals surface area contributed by atoms with E-state index < -0.39 is 0 Å². The lowest BCUT2D eigenvalue weighted by atomic mass is 10.3. The minimum absolute atomic E-state index is 0. The number of halogens is 1. The molecule has 0 aliphatic carbocycles. The van der Waals surface area contributed by atoms with Crippen LogP contribution in [-0.2, 0) is 0 Å². The van der Waals surface area contributed by atoms with E-state index in [-0.39, 0.29) is 18.4 Å². The van der Waals surface area contributed by atoms with Gasteiger partial charge in [0.25, 0.3) is 0 Å². The lowest BCUT2D eigenvalue weighted by molar-refractivity contribution is 0.252. The van der Waals surface area contributed by atoms with Crippen LogP contribution in [0, 0.1) is 0 Å². The molecule has 2 amide bonds. The number of nitrogens with two attached hydrogens (primary N) is 1. The predicted molar refractivity (Wildman–Crippen MR) is 70.9 cm³/mol. The zero-order valence-corrected chi connectivity index (χ0v) is 10.5. The van der Waals surface area contributed by atoms with Gasteiger partial charge in [-0.2, -0.15) is 0 Å². The third-order valence-electron chi connectivity index (χ3n) is 1.85. The average Bonchev–Trinajstić information content (AvgIpc) is 2.29. The van der Waals surface area contributed by atoms with Gasteiger partial charge in [-0.15, -0.1) is 12.4 Å². The topological polar surface area (TPSA) is 76.4 Å². The van der Waals surface area contributed by atoms with Crippen molar-refractivity contribution in [1.82, 2.24) is 5.32 Å². The molecule has 4 N–H and O–H groups in total. The standard InChI is InChI=1S/C11H17N3O2.ClH/c1-2-16-10-5-3-9(4-6-10)14-11(15)13-8-7-12;/h3-6H,2,7-8,12H2,1H3,(H2,13,14,15);1H. The van der Waals surface area contributed by atoms with Crippen molar-refractivity contribution in [3.05, 3.63) is 24.3 Å². The number of rotatable bonds is 5. The van der Waals surface area contributed by atoms with Gasteiger partial charge in [-0.3, -0.25) is 0 Å². The molecule has 0 unspecified atom stereocenters. The van der Waals surface area contributed by atoms with Gasteiger partial charge in [0.2, 0.25) is 0 Å². The van der Waals surface area contributed by atoms with Gasteiger partial charge in [-0.25, -0.2) is 4.79 Å². The van der Waals surface area contributed by atoms with Crippen LogP contribution >= 0.6 is 12.4 Å². The summed E-state index contributed by atoms with van der Waals surface area (Å²) in [6.07, 6.45) is 0. The van der Waals surface area contributed by atoms with E-state index in [1.807, 2.05) is 19.1 Å². The molecule has 0 spiro atoms. The van der Waals surface area contributed by atoms with E-state index >= 15 is 0 Å². The van der Waals surface area contributed by atoms with Crippen LogP contribution in [0.3, 0.4) is 0 Å². The maximum atomic E-state index is 11.3. The van der Waals surface area contributed by atoms with Crippen molar-refractivity contribution in [2.24, 2.45) is 5.73 Å². The van der Waals surface area contributed by atoms with Gasteiger partial charge in [0.1, 0.15) is 5.75 Å². The third-order valence-corrected chi connectivity index (χ3v) is 1.85. The van der Waals surface area contributed by atoms with Crippen LogP contribution in [0.4, 0.5) is 10.5 Å². The van der Waals surface area contributed by atoms with Crippen molar-refractivity contribution in [2.75, 3.05) is 25.0 Å². The van der Waals surface area contributed by atoms with Crippen molar-refractivity contribution in [3.8, 4) is 5.75 Å². The van der Waals surface area contributed by atoms with Gasteiger partial charge in [-0.1, -0.05) is 0 Å². The van der Waals surface area contributed by atoms with E-state index in [0.29, 0.717) is 19.7 Å². The van der Waals surface area contributed by atoms with Crippen LogP contribution in [0.1, 0.15) is 6.92 Å². The Kier molecular flexibility index (Phi) is 7.92. The van der Waals surface area contributed by atoms with Gasteiger partial charge in [0.05, 0.1) is 6.61 Å². The lowest BCUT2D eigenvalue weighted by Crippen LogP contribution is -2.32. The molecular weight excluding hydrogens is 242 g/mol. The van der Waals surface area contributed by atoms with Gasteiger partial charge in [0.15, 0.2) is 0 Å². The van der Waals surface area contributed by atoms with Crippen LogP contribution in [0.25, 0.3) is 0 Å². The number of hydrogen-bond donors (Lipinski definition) is 3. The molecule has 0 heterocycles. The fourth-order valence-corrected chi connectivity index (χ4v) is 1.16. The number of nitrogens with one attached hydrogen (secondary N) is 2. The highest BCUT2D eigenvalue weighted by molar-refractivity contribution is 5.89. The Bertz CT molecular complexity index is 330. The first-order chi connectivity index (χ1) is 7.76. The summed E-state index contributed by atoms with van der Waals surface area (Å²) in [7, 11) is 0. The molecule has 0 fully saturated rings. The first-order valence-corrected chi connectivity index (χ1v) is 5.24. The number of benzene rings is 1. The summed E-state index contributed by atoms with van der Waals surface area (Å²) >= 11 is 0. The van der Waals surface area contributed by atoms with Crippen LogP contribution in [-0.4, -0.2) is 25.7 Å². The molecular formula is C11H18ClN3O2. The highest BCUT2D eigenvalue weighted by atomic mass is 35.5. The van der Waals surface area contributed by atoms with Crippen LogP contribution in [0.15, 0.2) is 24.3 Å². The van der Waals surface area contributed by atoms with E-state index in [1.165, 1.54) is 0 Å². The molecule has 0 bridgehead atoms. The predicted octanol–water partition coefficient (Wildman–Crippen LogP) is 1.59. The second kappa shape index (κ2) is 8.66. The van der Waals surface area contributed by atoms with Crippen molar-refractivity contribution < 1.29 is 9.53 Å². The summed E-state index contributed by atoms with van der Waals surface area (Å²) in [6.45, 7) is 3.44. The number of carbonyl (C=O) groups excluding carboxylic acids is 1. The molecule has 0 aliphatic heterocycles. The van der Waals surface area contributed by atoms with E-state index in [1.54, 1.807) is 12.1 Å². The fourth-order valence-electron chi connectivity index (χ4n) is 1.16. The number of anilines is 1. The maximum absolute atomic E-state index is 11.3. The van der Waals surface area contributed by atoms with E-state index in [0.717, 1.165) is 11.4 Å². The normalized spacial score (nSPS) is 9.06. The smallest absolute Gasteiger partial charge is 0.319 e. The number of urea groups is 1. The Balaban J connectivity index is 0.00000256. The van der Waals surface area contributed by atoms with E-state index in [9.17, 15) is 4.79 Å². The molecule has 0 atom stereocenters. The van der Waals surface area contributed by atoms with Crippen molar-refractivity contribution >= 4 is 24.1 Å². The summed E-state index contributed by atoms with van der Waals surface area (Å²) in [6, 6.07) is 6.93. The Morgan fingerprint density at radius 2 is 2.00 bits per heavy atom. The summed E-state index contributed by atoms with van der Waals surface area (Å²) in [5, 5.41) is 5.30. The number of hydrogen-bond acceptors (Lipinski definition) is 3. The van der Waals surface area contributed by atoms with Gasteiger partial charge in [0, 0.05) is 18.8 Å². The number of carbonyl (C=O) groups is 1. The molecule has 96 valence electrons. The third kappa shape index (κ3) is 5.99. The Labute approximate surface area is 107 Å². The Morgan fingerprint density at radius 3 is 2.53 bits per heavy atom. The van der Waals surface area contributed by atoms with Crippen molar-refractivity contribution in [2.45, 2.75) is 6.92 Å². The highest BCUT2D eigenvalue weighted by Crippen LogP contribution is 2.15. The molecule has 1 rings (SSSR count). The minimum atomic E-state index is -0.255. The summed E-state index contributed by atoms with van der Waals surface area (Å²) in [5.74, 6) is 0.787. The highest BCUT2D eigenvalue weighted by Gasteiger charge is 2.00. The van der Waals surface area contributed by atoms with E-state index in [2.05, 4.69) is 10.6 Å². The zero-order chi connectivity index (χ0) is 11.8. The largest absolute Gasteiger partial charge is 0.494 e. The van der Waals surface area contributed by atoms with E-state index in [4.69, 9.17) is 10.5 Å². The SMILES string of the molecule is CCOc1ccc(NC(=O)NCCN)cc1.Cl. The first kappa shape index (κ1) is 15.5. The molecule has 5 nitrogen and oxygen atoms in total. The number of ether oxygens (including phenoxy) is 1. The average molecular weight is 260 g/mol. The molecule has 0 radical (unpaired) electrons. The quantitative estimate of drug-likeness (QED) is 0.752. The van der Waals surface area contributed by atoms with Gasteiger partial charge >= 0.3 is 6.03 Å². The molecule has 17 heavy (non-hydrogen) atoms. The summed E-state index contributed by atoms with van der Waals surface area (Å²) < 4.78 is 5.29. The lowest BCUT2D eigenvalue weighted by Gasteiger charge is -2.07. The molecule has 0 saturated heterocycles. The summed E-state index contributed by atoms with van der Waals surface area (Å²) in [5.41, 5.74) is 5.98. The number of amides is 2. The maximum Gasteiger partial charge on any atom is 0.319 e. The Morgan fingerprint density at radius 1 is 1.35 bits per heavy atom. The van der Waals surface area contributed by atoms with Gasteiger partial charge in [-0.05, 0) is 31.2 Å². The van der Waals surface area contributed by atoms with Crippen LogP contribution in [0.5, 0.6) is 5.75 Å². The molecule has 0 aliphatic rings. The molecule has 0 aromatic heterocycles. The second-order valence-corrected chi connectivity index (χ2v) is 3.13. The van der Waals surface area contributed by atoms with Crippen molar-refractivity contribution in [1.29, 1.82) is 0 Å². The van der Waals surface area contributed by atoms with Crippen molar-refractivity contribution in [3.63, 3.8) is 0 Å². The Hall–Kier alpha value is -1.46. The molecule has 1 aromatic rings. The molecule has 6 heteroatoms. The van der Waals surface area contributed by atoms with Crippen LogP contribution < -0.4 is 21.1 Å². The first-order valence-electron chi connectivity index (χ1n) is 5.24. The molecule has 0 saturated carbocycles. The monoisotopic (exact) mass is 259 g/mol.